The van der Waals surface area contributed by atoms with Gasteiger partial charge in [0.05, 0.1) is 6.10 Å². The number of halogens is 1. The molecular weight excluding hydrogens is 309 g/mol. The van der Waals surface area contributed by atoms with Crippen LogP contribution in [0.5, 0.6) is 0 Å². The van der Waals surface area contributed by atoms with Gasteiger partial charge in [-0.15, -0.1) is 0 Å². The van der Waals surface area contributed by atoms with Crippen molar-refractivity contribution in [1.82, 2.24) is 9.80 Å². The molecule has 0 radical (unpaired) electrons. The van der Waals surface area contributed by atoms with Gasteiger partial charge in [-0.1, -0.05) is 6.07 Å². The number of hydrogen-bond donors (Lipinski definition) is 2. The number of hydrogen-bond acceptors (Lipinski definition) is 4. The number of benzene rings is 1. The standard InChI is InChI=1S/C18H26FN3O2/c19-14-3-1-4-15(13-14)20-18(24)7-8-21-9-11-22(12-10-21)16-5-2-6-17(16)23/h1,3-4,13,16-17,23H,2,5-12H2,(H,20,24). The van der Waals surface area contributed by atoms with Gasteiger partial charge in [0.25, 0.3) is 0 Å². The van der Waals surface area contributed by atoms with Crippen molar-refractivity contribution in [3.8, 4) is 0 Å². The van der Waals surface area contributed by atoms with Crippen LogP contribution in [0, 0.1) is 5.82 Å². The molecule has 0 spiro atoms. The van der Waals surface area contributed by atoms with E-state index in [0.29, 0.717) is 24.7 Å². The van der Waals surface area contributed by atoms with Crippen LogP contribution < -0.4 is 5.32 Å². The van der Waals surface area contributed by atoms with Gasteiger partial charge in [-0.25, -0.2) is 4.39 Å². The lowest BCUT2D eigenvalue weighted by molar-refractivity contribution is -0.116. The van der Waals surface area contributed by atoms with Gasteiger partial charge >= 0.3 is 0 Å². The van der Waals surface area contributed by atoms with E-state index in [1.54, 1.807) is 12.1 Å². The monoisotopic (exact) mass is 335 g/mol. The molecule has 2 N–H and O–H groups in total. The zero-order valence-corrected chi connectivity index (χ0v) is 14.0. The maximum Gasteiger partial charge on any atom is 0.225 e. The van der Waals surface area contributed by atoms with Gasteiger partial charge in [0.2, 0.25) is 5.91 Å². The van der Waals surface area contributed by atoms with Gasteiger partial charge in [-0.3, -0.25) is 9.69 Å². The smallest absolute Gasteiger partial charge is 0.225 e. The van der Waals surface area contributed by atoms with Gasteiger partial charge in [-0.2, -0.15) is 0 Å². The average molecular weight is 335 g/mol. The van der Waals surface area contributed by atoms with Crippen molar-refractivity contribution in [1.29, 1.82) is 0 Å². The topological polar surface area (TPSA) is 55.8 Å². The highest BCUT2D eigenvalue weighted by molar-refractivity contribution is 5.90. The molecule has 1 aromatic carbocycles. The summed E-state index contributed by atoms with van der Waals surface area (Å²) in [6, 6.07) is 6.28. The van der Waals surface area contributed by atoms with Crippen LogP contribution in [-0.2, 0) is 4.79 Å². The lowest BCUT2D eigenvalue weighted by atomic mass is 10.1. The molecule has 2 aliphatic rings. The Balaban J connectivity index is 1.38. The number of carbonyl (C=O) groups is 1. The zero-order valence-electron chi connectivity index (χ0n) is 14.0. The summed E-state index contributed by atoms with van der Waals surface area (Å²) < 4.78 is 13.1. The van der Waals surface area contributed by atoms with E-state index < -0.39 is 0 Å². The first-order valence-electron chi connectivity index (χ1n) is 8.82. The van der Waals surface area contributed by atoms with E-state index in [-0.39, 0.29) is 17.8 Å². The minimum Gasteiger partial charge on any atom is -0.391 e. The molecule has 1 aromatic rings. The first-order valence-corrected chi connectivity index (χ1v) is 8.82. The van der Waals surface area contributed by atoms with E-state index in [9.17, 15) is 14.3 Å². The third-order valence-electron chi connectivity index (χ3n) is 5.08. The third-order valence-corrected chi connectivity index (χ3v) is 5.08. The minimum atomic E-state index is -0.349. The summed E-state index contributed by atoms with van der Waals surface area (Å²) in [6.45, 7) is 4.47. The number of aliphatic hydroxyl groups excluding tert-OH is 1. The van der Waals surface area contributed by atoms with Gasteiger partial charge < -0.3 is 15.3 Å². The normalized spacial score (nSPS) is 25.8. The maximum atomic E-state index is 13.1. The molecule has 3 rings (SSSR count). The molecule has 1 aliphatic carbocycles. The second-order valence-electron chi connectivity index (χ2n) is 6.75. The van der Waals surface area contributed by atoms with Crippen LogP contribution in [-0.4, -0.2) is 65.7 Å². The summed E-state index contributed by atoms with van der Waals surface area (Å²) >= 11 is 0. The van der Waals surface area contributed by atoms with E-state index >= 15 is 0 Å². The third kappa shape index (κ3) is 4.53. The van der Waals surface area contributed by atoms with E-state index in [1.165, 1.54) is 12.1 Å². The second-order valence-corrected chi connectivity index (χ2v) is 6.75. The Bertz CT molecular complexity index is 561. The maximum absolute atomic E-state index is 13.1. The summed E-state index contributed by atoms with van der Waals surface area (Å²) in [5.41, 5.74) is 0.500. The van der Waals surface area contributed by atoms with Crippen molar-refractivity contribution in [2.24, 2.45) is 0 Å². The van der Waals surface area contributed by atoms with Crippen LogP contribution in [0.4, 0.5) is 10.1 Å². The van der Waals surface area contributed by atoms with E-state index in [0.717, 1.165) is 45.4 Å². The molecule has 5 nitrogen and oxygen atoms in total. The largest absolute Gasteiger partial charge is 0.391 e. The Labute approximate surface area is 142 Å². The number of rotatable bonds is 5. The van der Waals surface area contributed by atoms with Crippen molar-refractivity contribution in [2.45, 2.75) is 37.8 Å². The Morgan fingerprint density at radius 1 is 1.25 bits per heavy atom. The number of anilines is 1. The number of nitrogens with one attached hydrogen (secondary N) is 1. The molecule has 1 heterocycles. The fourth-order valence-electron chi connectivity index (χ4n) is 3.71. The van der Waals surface area contributed by atoms with Gasteiger partial charge in [0, 0.05) is 50.9 Å². The Kier molecular flexibility index (Phi) is 5.81. The average Bonchev–Trinajstić information content (AvgIpc) is 2.99. The van der Waals surface area contributed by atoms with Crippen molar-refractivity contribution in [3.63, 3.8) is 0 Å². The number of amides is 1. The van der Waals surface area contributed by atoms with Crippen LogP contribution in [0.25, 0.3) is 0 Å². The lowest BCUT2D eigenvalue weighted by Crippen LogP contribution is -2.52. The van der Waals surface area contributed by atoms with Crippen LogP contribution in [0.1, 0.15) is 25.7 Å². The summed E-state index contributed by atoms with van der Waals surface area (Å²) in [4.78, 5) is 16.6. The van der Waals surface area contributed by atoms with Crippen LogP contribution in [0.3, 0.4) is 0 Å². The summed E-state index contributed by atoms with van der Waals surface area (Å²) in [6.07, 6.45) is 3.37. The molecule has 0 bridgehead atoms. The van der Waals surface area contributed by atoms with Crippen molar-refractivity contribution < 1.29 is 14.3 Å². The quantitative estimate of drug-likeness (QED) is 0.860. The van der Waals surface area contributed by atoms with E-state index in [1.807, 2.05) is 0 Å². The Hall–Kier alpha value is -1.50. The number of piperazine rings is 1. The van der Waals surface area contributed by atoms with Gasteiger partial charge in [-0.05, 0) is 37.5 Å². The summed E-state index contributed by atoms with van der Waals surface area (Å²) in [7, 11) is 0. The molecule has 2 fully saturated rings. The summed E-state index contributed by atoms with van der Waals surface area (Å²) in [5, 5.41) is 12.7. The van der Waals surface area contributed by atoms with Gasteiger partial charge in [0.1, 0.15) is 5.82 Å². The molecule has 132 valence electrons. The molecule has 1 amide bonds. The molecule has 24 heavy (non-hydrogen) atoms. The molecule has 2 unspecified atom stereocenters. The predicted octanol–water partition coefficient (Wildman–Crippen LogP) is 1.69. The highest BCUT2D eigenvalue weighted by atomic mass is 19.1. The van der Waals surface area contributed by atoms with Crippen molar-refractivity contribution in [3.05, 3.63) is 30.1 Å². The minimum absolute atomic E-state index is 0.0887. The van der Waals surface area contributed by atoms with Crippen LogP contribution >= 0.6 is 0 Å². The summed E-state index contributed by atoms with van der Waals surface area (Å²) in [5.74, 6) is -0.438. The second kappa shape index (κ2) is 8.05. The molecular formula is C18H26FN3O2. The van der Waals surface area contributed by atoms with Gasteiger partial charge in [0.15, 0.2) is 0 Å². The number of nitrogens with zero attached hydrogens (tertiary/aromatic N) is 2. The number of carbonyl (C=O) groups excluding carboxylic acids is 1. The fraction of sp³-hybridized carbons (Fsp3) is 0.611. The molecule has 1 saturated heterocycles. The number of aliphatic hydroxyl groups is 1. The highest BCUT2D eigenvalue weighted by Gasteiger charge is 2.32. The molecule has 6 heteroatoms. The first-order chi connectivity index (χ1) is 11.6. The Morgan fingerprint density at radius 2 is 2.04 bits per heavy atom. The molecule has 1 aliphatic heterocycles. The fourth-order valence-corrected chi connectivity index (χ4v) is 3.71. The lowest BCUT2D eigenvalue weighted by Gasteiger charge is -2.39. The molecule has 1 saturated carbocycles. The van der Waals surface area contributed by atoms with Crippen LogP contribution in [0.15, 0.2) is 24.3 Å². The van der Waals surface area contributed by atoms with Crippen molar-refractivity contribution in [2.75, 3.05) is 38.0 Å². The van der Waals surface area contributed by atoms with Crippen molar-refractivity contribution >= 4 is 11.6 Å². The molecule has 0 aromatic heterocycles. The highest BCUT2D eigenvalue weighted by Crippen LogP contribution is 2.25. The van der Waals surface area contributed by atoms with E-state index in [4.69, 9.17) is 0 Å². The first kappa shape index (κ1) is 17.3. The Morgan fingerprint density at radius 3 is 2.71 bits per heavy atom. The molecule has 2 atom stereocenters. The van der Waals surface area contributed by atoms with Crippen LogP contribution in [0.2, 0.25) is 0 Å². The predicted molar refractivity (Wildman–Crippen MR) is 91.3 cm³/mol. The van der Waals surface area contributed by atoms with E-state index in [2.05, 4.69) is 15.1 Å². The zero-order chi connectivity index (χ0) is 16.9. The SMILES string of the molecule is O=C(CCN1CCN(C2CCCC2O)CC1)Nc1cccc(F)c1.